The summed E-state index contributed by atoms with van der Waals surface area (Å²) in [6.45, 7) is 3.12. The molecule has 7 heavy (non-hydrogen) atoms. The van der Waals surface area contributed by atoms with E-state index in [1.165, 1.54) is 0 Å². The third-order valence-corrected chi connectivity index (χ3v) is 0.685. The Morgan fingerprint density at radius 2 is 2.14 bits per heavy atom. The lowest BCUT2D eigenvalue weighted by Crippen LogP contribution is -1.95. The normalized spacial score (nSPS) is 9.43. The zero-order valence-corrected chi connectivity index (χ0v) is 5.90. The van der Waals surface area contributed by atoms with Gasteiger partial charge in [0, 0.05) is 5.33 Å². The highest BCUT2D eigenvalue weighted by Gasteiger charge is 1.79. The van der Waals surface area contributed by atoms with E-state index in [2.05, 4.69) is 25.7 Å². The molecule has 0 aromatic heterocycles. The summed E-state index contributed by atoms with van der Waals surface area (Å²) in [4.78, 5) is 9.13. The summed E-state index contributed by atoms with van der Waals surface area (Å²) < 4.78 is 0. The van der Waals surface area contributed by atoms with Crippen LogP contribution in [0.4, 0.5) is 0 Å². The van der Waals surface area contributed by atoms with Gasteiger partial charge in [0.2, 0.25) is 0 Å². The van der Waals surface area contributed by atoms with Gasteiger partial charge in [-0.2, -0.15) is 0 Å². The van der Waals surface area contributed by atoms with Gasteiger partial charge in [0.15, 0.2) is 0 Å². The van der Waals surface area contributed by atoms with Crippen LogP contribution in [0.1, 0.15) is 6.92 Å². The predicted octanol–water partition coefficient (Wildman–Crippen LogP) is 1.35. The minimum atomic E-state index is 0.618. The first-order valence-electron chi connectivity index (χ1n) is 2.22. The van der Waals surface area contributed by atoms with Crippen molar-refractivity contribution in [1.82, 2.24) is 0 Å². The minimum absolute atomic E-state index is 0.618. The van der Waals surface area contributed by atoms with Crippen molar-refractivity contribution < 1.29 is 9.78 Å². The molecule has 0 rings (SSSR count). The summed E-state index contributed by atoms with van der Waals surface area (Å²) in [5, 5.41) is 0.826. The van der Waals surface area contributed by atoms with Crippen LogP contribution in [0.25, 0.3) is 0 Å². The van der Waals surface area contributed by atoms with Crippen LogP contribution in [-0.2, 0) is 9.78 Å². The zero-order chi connectivity index (χ0) is 5.54. The zero-order valence-electron chi connectivity index (χ0n) is 4.32. The highest BCUT2D eigenvalue weighted by Crippen LogP contribution is 1.81. The van der Waals surface area contributed by atoms with Crippen molar-refractivity contribution in [2.24, 2.45) is 0 Å². The molecule has 0 aromatic rings. The Bertz CT molecular complexity index is 28.9. The van der Waals surface area contributed by atoms with Gasteiger partial charge in [-0.1, -0.05) is 15.9 Å². The van der Waals surface area contributed by atoms with Gasteiger partial charge >= 0.3 is 0 Å². The van der Waals surface area contributed by atoms with Gasteiger partial charge in [0.1, 0.15) is 0 Å². The number of hydrogen-bond donors (Lipinski definition) is 0. The Morgan fingerprint density at radius 1 is 1.43 bits per heavy atom. The van der Waals surface area contributed by atoms with E-state index in [0.29, 0.717) is 13.2 Å². The van der Waals surface area contributed by atoms with Gasteiger partial charge < -0.3 is 0 Å². The number of rotatable bonds is 4. The van der Waals surface area contributed by atoms with Crippen LogP contribution in [0.5, 0.6) is 0 Å². The Kier molecular flexibility index (Phi) is 6.77. The average Bonchev–Trinajstić information content (AvgIpc) is 1.69. The van der Waals surface area contributed by atoms with Crippen LogP contribution in [-0.4, -0.2) is 18.5 Å². The summed E-state index contributed by atoms with van der Waals surface area (Å²) >= 11 is 3.17. The molecule has 0 spiro atoms. The van der Waals surface area contributed by atoms with Crippen molar-refractivity contribution in [1.29, 1.82) is 0 Å². The van der Waals surface area contributed by atoms with E-state index in [4.69, 9.17) is 0 Å². The van der Waals surface area contributed by atoms with Gasteiger partial charge in [-0.15, -0.1) is 0 Å². The molecule has 0 aliphatic rings. The number of hydrogen-bond acceptors (Lipinski definition) is 2. The molecule has 0 fully saturated rings. The maximum atomic E-state index is 4.59. The fourth-order valence-electron chi connectivity index (χ4n) is 0.174. The quantitative estimate of drug-likeness (QED) is 0.273. The lowest BCUT2D eigenvalue weighted by atomic mass is 10.9. The fourth-order valence-corrected chi connectivity index (χ4v) is 0.306. The third kappa shape index (κ3) is 6.40. The molecule has 0 saturated carbocycles. The molecule has 3 heteroatoms. The number of alkyl halides is 1. The molecule has 0 aliphatic carbocycles. The van der Waals surface area contributed by atoms with Gasteiger partial charge in [0.25, 0.3) is 0 Å². The van der Waals surface area contributed by atoms with E-state index in [9.17, 15) is 0 Å². The first-order valence-corrected chi connectivity index (χ1v) is 3.34. The SMILES string of the molecule is CCOOCCBr. The predicted molar refractivity (Wildman–Crippen MR) is 31.4 cm³/mol. The van der Waals surface area contributed by atoms with E-state index < -0.39 is 0 Å². The van der Waals surface area contributed by atoms with Crippen LogP contribution in [0.3, 0.4) is 0 Å². The van der Waals surface area contributed by atoms with Crippen molar-refractivity contribution >= 4 is 15.9 Å². The third-order valence-electron chi connectivity index (χ3n) is 0.362. The van der Waals surface area contributed by atoms with E-state index >= 15 is 0 Å². The molecule has 0 aromatic carbocycles. The average molecular weight is 169 g/mol. The van der Waals surface area contributed by atoms with Crippen molar-refractivity contribution in [3.05, 3.63) is 0 Å². The lowest BCUT2D eigenvalue weighted by molar-refractivity contribution is -0.286. The highest BCUT2D eigenvalue weighted by molar-refractivity contribution is 9.09. The van der Waals surface area contributed by atoms with Crippen molar-refractivity contribution in [2.45, 2.75) is 6.92 Å². The van der Waals surface area contributed by atoms with Crippen LogP contribution in [0.2, 0.25) is 0 Å². The molecule has 44 valence electrons. The Balaban J connectivity index is 2.45. The second-order valence-electron chi connectivity index (χ2n) is 0.917. The van der Waals surface area contributed by atoms with E-state index in [-0.39, 0.29) is 0 Å². The molecular weight excluding hydrogens is 160 g/mol. The summed E-state index contributed by atoms with van der Waals surface area (Å²) in [5.74, 6) is 0. The molecule has 0 saturated heterocycles. The van der Waals surface area contributed by atoms with Crippen LogP contribution < -0.4 is 0 Å². The largest absolute Gasteiger partial charge is 0.237 e. The molecule has 0 heterocycles. The molecule has 0 N–H and O–H groups in total. The second kappa shape index (κ2) is 6.40. The molecule has 0 radical (unpaired) electrons. The number of halogens is 1. The van der Waals surface area contributed by atoms with E-state index in [1.807, 2.05) is 6.92 Å². The fraction of sp³-hybridized carbons (Fsp3) is 1.00. The van der Waals surface area contributed by atoms with Crippen molar-refractivity contribution in [2.75, 3.05) is 18.5 Å². The molecule has 0 amide bonds. The molecule has 0 atom stereocenters. The summed E-state index contributed by atoms with van der Waals surface area (Å²) in [6.07, 6.45) is 0. The maximum absolute atomic E-state index is 4.59. The smallest absolute Gasteiger partial charge is 0.0919 e. The topological polar surface area (TPSA) is 18.5 Å². The van der Waals surface area contributed by atoms with Crippen LogP contribution >= 0.6 is 15.9 Å². The van der Waals surface area contributed by atoms with Crippen molar-refractivity contribution in [3.8, 4) is 0 Å². The van der Waals surface area contributed by atoms with E-state index in [1.54, 1.807) is 0 Å². The summed E-state index contributed by atoms with van der Waals surface area (Å²) in [5.41, 5.74) is 0. The summed E-state index contributed by atoms with van der Waals surface area (Å²) in [7, 11) is 0. The van der Waals surface area contributed by atoms with Gasteiger partial charge in [0.05, 0.1) is 13.2 Å². The van der Waals surface area contributed by atoms with Gasteiger partial charge in [-0.05, 0) is 6.92 Å². The maximum Gasteiger partial charge on any atom is 0.0919 e. The minimum Gasteiger partial charge on any atom is -0.237 e. The second-order valence-corrected chi connectivity index (χ2v) is 1.71. The molecule has 0 aliphatic heterocycles. The van der Waals surface area contributed by atoms with Gasteiger partial charge in [-0.25, -0.2) is 9.78 Å². The Hall–Kier alpha value is 0.400. The summed E-state index contributed by atoms with van der Waals surface area (Å²) in [6, 6.07) is 0. The first kappa shape index (κ1) is 7.40. The lowest BCUT2D eigenvalue weighted by Gasteiger charge is -1.94. The molecule has 0 bridgehead atoms. The van der Waals surface area contributed by atoms with Crippen LogP contribution in [0.15, 0.2) is 0 Å². The van der Waals surface area contributed by atoms with Crippen LogP contribution in [0, 0.1) is 0 Å². The molecule has 0 unspecified atom stereocenters. The van der Waals surface area contributed by atoms with E-state index in [0.717, 1.165) is 5.33 Å². The van der Waals surface area contributed by atoms with Gasteiger partial charge in [-0.3, -0.25) is 0 Å². The first-order chi connectivity index (χ1) is 3.41. The van der Waals surface area contributed by atoms with Crippen molar-refractivity contribution in [3.63, 3.8) is 0 Å². The highest BCUT2D eigenvalue weighted by atomic mass is 79.9. The Labute approximate surface area is 51.9 Å². The molecule has 2 nitrogen and oxygen atoms in total. The monoisotopic (exact) mass is 168 g/mol. The molecular formula is C4H9BrO2. The standard InChI is InChI=1S/C4H9BrO2/c1-2-6-7-4-3-5/h2-4H2,1H3. The Morgan fingerprint density at radius 3 is 2.57 bits per heavy atom.